The van der Waals surface area contributed by atoms with Crippen LogP contribution in [-0.4, -0.2) is 98.0 Å². The largest absolute Gasteiger partial charge is 0.444 e. The molecule has 3 saturated heterocycles. The van der Waals surface area contributed by atoms with Crippen LogP contribution < -0.4 is 11.2 Å². The third-order valence-corrected chi connectivity index (χ3v) is 6.54. The second-order valence-corrected chi connectivity index (χ2v) is 10.4. The van der Waals surface area contributed by atoms with Crippen LogP contribution in [0.4, 0.5) is 4.79 Å². The number of nitrogens with one attached hydrogen (secondary N) is 1. The highest BCUT2D eigenvalue weighted by Gasteiger charge is 2.60. The Bertz CT molecular complexity index is 1060. The van der Waals surface area contributed by atoms with Crippen molar-refractivity contribution in [3.05, 3.63) is 32.6 Å². The highest BCUT2D eigenvalue weighted by molar-refractivity contribution is 5.68. The summed E-state index contributed by atoms with van der Waals surface area (Å²) in [5.41, 5.74) is -2.96. The second-order valence-electron chi connectivity index (χ2n) is 10.4. The molecular formula is C22H33N3O10. The van der Waals surface area contributed by atoms with E-state index in [1.54, 1.807) is 27.7 Å². The van der Waals surface area contributed by atoms with Crippen LogP contribution in [0.25, 0.3) is 0 Å². The standard InChI is InChI=1S/C22H33N3O10/c1-11-6-25(19(30)23-17(11)29)15-5-13(27)14(33-15)8-32-18-12-7-24(20(31)35-21(2,3)4)9-22(10-26,34-18)16(12)28/h6,12-16,18,26-28H,5,7-10H2,1-4H3,(H,23,29,30)/t12?,13-,14+,15+,16-,18+,22+/m0/s1. The van der Waals surface area contributed by atoms with Crippen molar-refractivity contribution in [2.75, 3.05) is 26.3 Å². The second kappa shape index (κ2) is 9.30. The predicted octanol–water partition coefficient (Wildman–Crippen LogP) is -1.17. The number of amides is 1. The minimum Gasteiger partial charge on any atom is -0.444 e. The Kier molecular flexibility index (Phi) is 6.85. The SMILES string of the molecule is Cc1cn([C@H]2C[C@H](O)[C@@H](CO[C@@H]3O[C@@]4(CO)CN(C(=O)OC(C)(C)C)CC3[C@@H]4O)O2)c(=O)[nH]c1=O. The molecule has 3 aliphatic rings. The van der Waals surface area contributed by atoms with Gasteiger partial charge in [-0.3, -0.25) is 14.3 Å². The molecule has 13 nitrogen and oxygen atoms in total. The summed E-state index contributed by atoms with van der Waals surface area (Å²) in [5, 5.41) is 31.3. The van der Waals surface area contributed by atoms with Gasteiger partial charge in [0.15, 0.2) is 6.29 Å². The monoisotopic (exact) mass is 499 g/mol. The fraction of sp³-hybridized carbons (Fsp3) is 0.773. The van der Waals surface area contributed by atoms with Crippen LogP contribution in [0.1, 0.15) is 39.0 Å². The van der Waals surface area contributed by atoms with E-state index in [0.717, 1.165) is 0 Å². The summed E-state index contributed by atoms with van der Waals surface area (Å²) in [6, 6.07) is 0. The van der Waals surface area contributed by atoms with Crippen molar-refractivity contribution in [1.82, 2.24) is 14.5 Å². The van der Waals surface area contributed by atoms with Gasteiger partial charge in [0.25, 0.3) is 5.56 Å². The van der Waals surface area contributed by atoms with Gasteiger partial charge >= 0.3 is 11.8 Å². The van der Waals surface area contributed by atoms with Gasteiger partial charge in [0, 0.05) is 24.7 Å². The minimum atomic E-state index is -1.43. The molecule has 0 radical (unpaired) electrons. The van der Waals surface area contributed by atoms with Gasteiger partial charge in [-0.25, -0.2) is 9.59 Å². The van der Waals surface area contributed by atoms with Crippen molar-refractivity contribution in [3.63, 3.8) is 0 Å². The Morgan fingerprint density at radius 3 is 2.69 bits per heavy atom. The van der Waals surface area contributed by atoms with Crippen LogP contribution in [0.5, 0.6) is 0 Å². The summed E-state index contributed by atoms with van der Waals surface area (Å²) in [6.45, 7) is 6.13. The number of aliphatic hydroxyl groups excluding tert-OH is 3. The number of piperidine rings is 1. The quantitative estimate of drug-likeness (QED) is 0.386. The van der Waals surface area contributed by atoms with Gasteiger partial charge in [-0.2, -0.15) is 0 Å². The van der Waals surface area contributed by atoms with Gasteiger partial charge in [-0.05, 0) is 27.7 Å². The summed E-state index contributed by atoms with van der Waals surface area (Å²) in [7, 11) is 0. The molecule has 1 aromatic heterocycles. The molecule has 0 spiro atoms. The molecule has 4 heterocycles. The van der Waals surface area contributed by atoms with Crippen LogP contribution in [-0.2, 0) is 18.9 Å². The topological polar surface area (TPSA) is 173 Å². The molecule has 1 unspecified atom stereocenters. The Morgan fingerprint density at radius 2 is 2.03 bits per heavy atom. The molecule has 7 atom stereocenters. The number of aliphatic hydroxyl groups is 3. The van der Waals surface area contributed by atoms with E-state index in [9.17, 15) is 29.7 Å². The molecule has 13 heteroatoms. The van der Waals surface area contributed by atoms with E-state index < -0.39 is 71.9 Å². The highest BCUT2D eigenvalue weighted by atomic mass is 16.7. The minimum absolute atomic E-state index is 0.0744. The molecule has 3 aliphatic heterocycles. The zero-order chi connectivity index (χ0) is 25.7. The number of rotatable bonds is 5. The molecule has 4 N–H and O–H groups in total. The lowest BCUT2D eigenvalue weighted by Gasteiger charge is -2.40. The van der Waals surface area contributed by atoms with E-state index >= 15 is 0 Å². The number of nitrogens with zero attached hydrogens (tertiary/aromatic N) is 2. The molecule has 1 aromatic rings. The van der Waals surface area contributed by atoms with Crippen molar-refractivity contribution >= 4 is 6.09 Å². The number of ether oxygens (including phenoxy) is 4. The Balaban J connectivity index is 1.42. The number of carbonyl (C=O) groups excluding carboxylic acids is 1. The Labute approximate surface area is 201 Å². The molecule has 3 fully saturated rings. The summed E-state index contributed by atoms with van der Waals surface area (Å²) < 4.78 is 24.2. The molecule has 196 valence electrons. The number of fused-ring (bicyclic) bond motifs is 2. The zero-order valence-corrected chi connectivity index (χ0v) is 20.2. The first-order valence-electron chi connectivity index (χ1n) is 11.6. The summed E-state index contributed by atoms with van der Waals surface area (Å²) >= 11 is 0. The smallest absolute Gasteiger partial charge is 0.410 e. The number of carbonyl (C=O) groups is 1. The number of hydrogen-bond donors (Lipinski definition) is 4. The van der Waals surface area contributed by atoms with Crippen molar-refractivity contribution in [2.24, 2.45) is 5.92 Å². The maximum atomic E-state index is 12.6. The summed E-state index contributed by atoms with van der Waals surface area (Å²) in [6.07, 6.45) is -3.75. The van der Waals surface area contributed by atoms with Gasteiger partial charge in [0.2, 0.25) is 0 Å². The maximum absolute atomic E-state index is 12.6. The average molecular weight is 500 g/mol. The first-order valence-corrected chi connectivity index (χ1v) is 11.6. The molecule has 35 heavy (non-hydrogen) atoms. The van der Waals surface area contributed by atoms with Gasteiger partial charge in [-0.15, -0.1) is 0 Å². The number of likely N-dealkylation sites (tertiary alicyclic amines) is 1. The lowest BCUT2D eigenvalue weighted by molar-refractivity contribution is -0.203. The van der Waals surface area contributed by atoms with E-state index in [1.165, 1.54) is 15.7 Å². The Morgan fingerprint density at radius 1 is 1.31 bits per heavy atom. The van der Waals surface area contributed by atoms with E-state index in [1.807, 2.05) is 0 Å². The van der Waals surface area contributed by atoms with Crippen molar-refractivity contribution < 1.29 is 39.1 Å². The lowest BCUT2D eigenvalue weighted by Crippen LogP contribution is -2.60. The lowest BCUT2D eigenvalue weighted by atomic mass is 9.86. The molecule has 1 amide bonds. The predicted molar refractivity (Wildman–Crippen MR) is 119 cm³/mol. The number of aryl methyl sites for hydroxylation is 1. The van der Waals surface area contributed by atoms with Gasteiger partial charge in [-0.1, -0.05) is 0 Å². The van der Waals surface area contributed by atoms with Crippen molar-refractivity contribution in [2.45, 2.75) is 76.1 Å². The molecule has 0 aliphatic carbocycles. The van der Waals surface area contributed by atoms with Crippen LogP contribution >= 0.6 is 0 Å². The molecule has 4 rings (SSSR count). The highest BCUT2D eigenvalue weighted by Crippen LogP contribution is 2.42. The van der Waals surface area contributed by atoms with Crippen LogP contribution in [0.15, 0.2) is 15.8 Å². The number of aromatic nitrogens is 2. The molecule has 2 bridgehead atoms. The normalized spacial score (nSPS) is 34.9. The maximum Gasteiger partial charge on any atom is 0.410 e. The summed E-state index contributed by atoms with van der Waals surface area (Å²) in [5.74, 6) is -0.665. The fourth-order valence-corrected chi connectivity index (χ4v) is 4.72. The van der Waals surface area contributed by atoms with E-state index in [-0.39, 0.29) is 26.1 Å². The van der Waals surface area contributed by atoms with Crippen molar-refractivity contribution in [1.29, 1.82) is 0 Å². The van der Waals surface area contributed by atoms with Crippen molar-refractivity contribution in [3.8, 4) is 0 Å². The average Bonchev–Trinajstić information content (AvgIpc) is 3.18. The van der Waals surface area contributed by atoms with Crippen LogP contribution in [0.2, 0.25) is 0 Å². The van der Waals surface area contributed by atoms with E-state index in [4.69, 9.17) is 18.9 Å². The molecule has 0 aromatic carbocycles. The third kappa shape index (κ3) is 5.01. The van der Waals surface area contributed by atoms with E-state index in [2.05, 4.69) is 4.98 Å². The third-order valence-electron chi connectivity index (χ3n) is 6.54. The van der Waals surface area contributed by atoms with Gasteiger partial charge < -0.3 is 39.2 Å². The van der Waals surface area contributed by atoms with Crippen LogP contribution in [0.3, 0.4) is 0 Å². The number of aromatic amines is 1. The number of hydrogen-bond acceptors (Lipinski definition) is 10. The van der Waals surface area contributed by atoms with Crippen LogP contribution in [0, 0.1) is 12.8 Å². The van der Waals surface area contributed by atoms with Gasteiger partial charge in [0.1, 0.15) is 23.5 Å². The van der Waals surface area contributed by atoms with Gasteiger partial charge in [0.05, 0.1) is 37.9 Å². The van der Waals surface area contributed by atoms with E-state index in [0.29, 0.717) is 5.56 Å². The summed E-state index contributed by atoms with van der Waals surface area (Å²) in [4.78, 5) is 40.0. The number of H-pyrrole nitrogens is 1. The molecule has 0 saturated carbocycles. The Hall–Kier alpha value is -2.29. The first-order chi connectivity index (χ1) is 16.3. The first kappa shape index (κ1) is 25.8. The zero-order valence-electron chi connectivity index (χ0n) is 20.2. The fourth-order valence-electron chi connectivity index (χ4n) is 4.72. The molecular weight excluding hydrogens is 466 g/mol.